The van der Waals surface area contributed by atoms with Crippen LogP contribution in [0.4, 0.5) is 0 Å². The molecular weight excluding hydrogens is 326 g/mol. The monoisotopic (exact) mass is 339 g/mol. The number of fused-ring (bicyclic) bond motifs is 1. The van der Waals surface area contributed by atoms with Crippen molar-refractivity contribution >= 4 is 15.9 Å². The van der Waals surface area contributed by atoms with Crippen molar-refractivity contribution in [2.24, 2.45) is 0 Å². The van der Waals surface area contributed by atoms with Crippen LogP contribution in [0.2, 0.25) is 0 Å². The number of halogens is 1. The molecule has 0 spiro atoms. The zero-order valence-electron chi connectivity index (χ0n) is 10.9. The van der Waals surface area contributed by atoms with Gasteiger partial charge in [0.05, 0.1) is 18.8 Å². The van der Waals surface area contributed by atoms with Crippen molar-refractivity contribution in [1.29, 1.82) is 0 Å². The van der Waals surface area contributed by atoms with Crippen LogP contribution >= 0.6 is 15.9 Å². The lowest BCUT2D eigenvalue weighted by molar-refractivity contribution is 0.171. The van der Waals surface area contributed by atoms with E-state index in [9.17, 15) is 5.11 Å². The molecule has 106 valence electrons. The van der Waals surface area contributed by atoms with E-state index in [1.807, 2.05) is 12.1 Å². The molecule has 1 unspecified atom stereocenters. The molecule has 0 radical (unpaired) electrons. The van der Waals surface area contributed by atoms with E-state index < -0.39 is 6.10 Å². The summed E-state index contributed by atoms with van der Waals surface area (Å²) in [5.74, 6) is 1.49. The quantitative estimate of drug-likeness (QED) is 0.924. The Morgan fingerprint density at radius 3 is 2.70 bits per heavy atom. The van der Waals surface area contributed by atoms with Crippen LogP contribution in [-0.4, -0.2) is 33.3 Å². The Morgan fingerprint density at radius 1 is 1.35 bits per heavy atom. The highest BCUT2D eigenvalue weighted by Crippen LogP contribution is 2.35. The van der Waals surface area contributed by atoms with E-state index in [2.05, 4.69) is 26.2 Å². The second kappa shape index (κ2) is 5.41. The van der Waals surface area contributed by atoms with Gasteiger partial charge in [-0.3, -0.25) is 0 Å². The second-order valence-corrected chi connectivity index (χ2v) is 5.46. The van der Waals surface area contributed by atoms with Crippen molar-refractivity contribution in [2.75, 3.05) is 13.2 Å². The SMILES string of the molecule is CC(O)c1cn(Cc2cc3c(cc2Br)OCCO3)nn1. The largest absolute Gasteiger partial charge is 0.486 e. The van der Waals surface area contributed by atoms with Gasteiger partial charge in [0.25, 0.3) is 0 Å². The van der Waals surface area contributed by atoms with Gasteiger partial charge in [0.1, 0.15) is 18.9 Å². The Bertz CT molecular complexity index is 627. The lowest BCUT2D eigenvalue weighted by Crippen LogP contribution is -2.16. The minimum atomic E-state index is -0.618. The van der Waals surface area contributed by atoms with Gasteiger partial charge in [-0.25, -0.2) is 4.68 Å². The van der Waals surface area contributed by atoms with Crippen LogP contribution in [0.25, 0.3) is 0 Å². The van der Waals surface area contributed by atoms with Crippen LogP contribution in [0.5, 0.6) is 11.5 Å². The number of hydrogen-bond acceptors (Lipinski definition) is 5. The predicted octanol–water partition coefficient (Wildman–Crippen LogP) is 1.91. The lowest BCUT2D eigenvalue weighted by atomic mass is 10.2. The summed E-state index contributed by atoms with van der Waals surface area (Å²) < 4.78 is 13.7. The molecule has 6 nitrogen and oxygen atoms in total. The number of aromatic nitrogens is 3. The fourth-order valence-electron chi connectivity index (χ4n) is 1.98. The molecule has 0 bridgehead atoms. The van der Waals surface area contributed by atoms with Crippen molar-refractivity contribution in [3.05, 3.63) is 34.1 Å². The molecule has 1 atom stereocenters. The van der Waals surface area contributed by atoms with Gasteiger partial charge in [-0.15, -0.1) is 5.10 Å². The fraction of sp³-hybridized carbons (Fsp3) is 0.385. The standard InChI is InChI=1S/C13H14BrN3O3/c1-8(18)11-7-17(16-15-11)6-9-4-12-13(5-10(9)14)20-3-2-19-12/h4-5,7-8,18H,2-3,6H2,1H3. The molecular formula is C13H14BrN3O3. The van der Waals surface area contributed by atoms with Crippen molar-refractivity contribution < 1.29 is 14.6 Å². The van der Waals surface area contributed by atoms with Gasteiger partial charge in [0, 0.05) is 4.47 Å². The van der Waals surface area contributed by atoms with Crippen molar-refractivity contribution in [1.82, 2.24) is 15.0 Å². The van der Waals surface area contributed by atoms with Gasteiger partial charge in [-0.1, -0.05) is 21.1 Å². The third-order valence-corrected chi connectivity index (χ3v) is 3.77. The summed E-state index contributed by atoms with van der Waals surface area (Å²) >= 11 is 3.52. The van der Waals surface area contributed by atoms with E-state index in [1.165, 1.54) is 0 Å². The average Bonchev–Trinajstić information content (AvgIpc) is 2.88. The molecule has 3 rings (SSSR count). The zero-order chi connectivity index (χ0) is 14.1. The Labute approximate surface area is 124 Å². The first-order chi connectivity index (χ1) is 9.63. The van der Waals surface area contributed by atoms with Crippen LogP contribution in [0, 0.1) is 0 Å². The summed E-state index contributed by atoms with van der Waals surface area (Å²) in [6.07, 6.45) is 1.11. The third-order valence-electron chi connectivity index (χ3n) is 3.03. The third kappa shape index (κ3) is 2.64. The zero-order valence-corrected chi connectivity index (χ0v) is 12.5. The molecule has 0 aliphatic carbocycles. The number of benzene rings is 1. The molecule has 0 saturated heterocycles. The Morgan fingerprint density at radius 2 is 2.05 bits per heavy atom. The number of aliphatic hydroxyl groups is 1. The highest BCUT2D eigenvalue weighted by molar-refractivity contribution is 9.10. The molecule has 1 aliphatic rings. The van der Waals surface area contributed by atoms with Crippen LogP contribution in [0.1, 0.15) is 24.3 Å². The highest BCUT2D eigenvalue weighted by Gasteiger charge is 2.15. The van der Waals surface area contributed by atoms with E-state index in [0.29, 0.717) is 25.5 Å². The summed E-state index contributed by atoms with van der Waals surface area (Å²) in [6, 6.07) is 3.83. The first-order valence-electron chi connectivity index (χ1n) is 6.29. The predicted molar refractivity (Wildman–Crippen MR) is 74.9 cm³/mol. The summed E-state index contributed by atoms with van der Waals surface area (Å²) in [5, 5.41) is 17.4. The van der Waals surface area contributed by atoms with Crippen molar-refractivity contribution in [3.8, 4) is 11.5 Å². The van der Waals surface area contributed by atoms with Crippen LogP contribution in [0.15, 0.2) is 22.8 Å². The van der Waals surface area contributed by atoms with Crippen LogP contribution in [0.3, 0.4) is 0 Å². The number of ether oxygens (including phenoxy) is 2. The Kier molecular flexibility index (Phi) is 3.62. The minimum absolute atomic E-state index is 0.539. The second-order valence-electron chi connectivity index (χ2n) is 4.60. The summed E-state index contributed by atoms with van der Waals surface area (Å²) in [7, 11) is 0. The molecule has 1 aromatic carbocycles. The molecule has 0 fully saturated rings. The maximum atomic E-state index is 9.45. The van der Waals surface area contributed by atoms with E-state index in [0.717, 1.165) is 21.5 Å². The molecule has 2 heterocycles. The van der Waals surface area contributed by atoms with Crippen molar-refractivity contribution in [3.63, 3.8) is 0 Å². The molecule has 2 aromatic rings. The van der Waals surface area contributed by atoms with E-state index in [4.69, 9.17) is 9.47 Å². The van der Waals surface area contributed by atoms with Crippen molar-refractivity contribution in [2.45, 2.75) is 19.6 Å². The molecule has 1 aliphatic heterocycles. The van der Waals surface area contributed by atoms with E-state index >= 15 is 0 Å². The number of hydrogen-bond donors (Lipinski definition) is 1. The van der Waals surface area contributed by atoms with Gasteiger partial charge in [-0.2, -0.15) is 0 Å². The van der Waals surface area contributed by atoms with E-state index in [-0.39, 0.29) is 0 Å². The van der Waals surface area contributed by atoms with Crippen LogP contribution < -0.4 is 9.47 Å². The topological polar surface area (TPSA) is 69.4 Å². The first-order valence-corrected chi connectivity index (χ1v) is 7.09. The Hall–Kier alpha value is -1.60. The maximum Gasteiger partial charge on any atom is 0.162 e. The number of aliphatic hydroxyl groups excluding tert-OH is 1. The first kappa shape index (κ1) is 13.4. The number of rotatable bonds is 3. The molecule has 20 heavy (non-hydrogen) atoms. The average molecular weight is 340 g/mol. The number of nitrogens with zero attached hydrogens (tertiary/aromatic N) is 3. The van der Waals surface area contributed by atoms with Crippen LogP contribution in [-0.2, 0) is 6.54 Å². The van der Waals surface area contributed by atoms with Gasteiger partial charge in [-0.05, 0) is 24.6 Å². The maximum absolute atomic E-state index is 9.45. The normalized spacial score (nSPS) is 15.2. The van der Waals surface area contributed by atoms with E-state index in [1.54, 1.807) is 17.8 Å². The molecule has 0 amide bonds. The molecule has 0 saturated carbocycles. The van der Waals surface area contributed by atoms with Gasteiger partial charge in [0.15, 0.2) is 11.5 Å². The Balaban J connectivity index is 1.86. The smallest absolute Gasteiger partial charge is 0.162 e. The molecule has 7 heteroatoms. The molecule has 1 N–H and O–H groups in total. The fourth-order valence-corrected chi connectivity index (χ4v) is 2.43. The van der Waals surface area contributed by atoms with Gasteiger partial charge < -0.3 is 14.6 Å². The summed E-state index contributed by atoms with van der Waals surface area (Å²) in [4.78, 5) is 0. The minimum Gasteiger partial charge on any atom is -0.486 e. The lowest BCUT2D eigenvalue weighted by Gasteiger charge is -2.19. The van der Waals surface area contributed by atoms with Gasteiger partial charge >= 0.3 is 0 Å². The van der Waals surface area contributed by atoms with Gasteiger partial charge in [0.2, 0.25) is 0 Å². The molecule has 1 aromatic heterocycles. The summed E-state index contributed by atoms with van der Waals surface area (Å²) in [5.41, 5.74) is 1.56. The highest BCUT2D eigenvalue weighted by atomic mass is 79.9. The summed E-state index contributed by atoms with van der Waals surface area (Å²) in [6.45, 7) is 3.33.